The van der Waals surface area contributed by atoms with Gasteiger partial charge in [0.05, 0.1) is 19.6 Å². The van der Waals surface area contributed by atoms with E-state index in [-0.39, 0.29) is 30.2 Å². The average Bonchev–Trinajstić information content (AvgIpc) is 2.55. The highest BCUT2D eigenvalue weighted by atomic mass is 35.5. The third kappa shape index (κ3) is 2.20. The second-order valence-electron chi connectivity index (χ2n) is 3.33. The van der Waals surface area contributed by atoms with Gasteiger partial charge in [-0.1, -0.05) is 0 Å². The summed E-state index contributed by atoms with van der Waals surface area (Å²) in [6.07, 6.45) is 1.48. The van der Waals surface area contributed by atoms with Crippen molar-refractivity contribution < 1.29 is 9.53 Å². The highest BCUT2D eigenvalue weighted by Gasteiger charge is 2.26. The number of nitrogens with two attached hydrogens (primary N) is 1. The number of nitrogen functional groups attached to an aromatic ring is 1. The maximum absolute atomic E-state index is 11.3. The maximum atomic E-state index is 11.3. The van der Waals surface area contributed by atoms with Crippen molar-refractivity contribution in [3.63, 3.8) is 0 Å². The Kier molecular flexibility index (Phi) is 3.52. The van der Waals surface area contributed by atoms with Gasteiger partial charge in [-0.2, -0.15) is 4.98 Å². The number of aromatic nitrogens is 3. The summed E-state index contributed by atoms with van der Waals surface area (Å²) >= 11 is 0. The number of nitrogens with zero attached hydrogens (tertiary/aromatic N) is 3. The molecule has 1 unspecified atom stereocenters. The molecule has 1 aromatic heterocycles. The summed E-state index contributed by atoms with van der Waals surface area (Å²) in [4.78, 5) is 15.3. The number of rotatable bonds is 1. The molecule has 1 atom stereocenters. The van der Waals surface area contributed by atoms with Gasteiger partial charge in [0, 0.05) is 6.42 Å². The molecule has 15 heavy (non-hydrogen) atoms. The molecule has 7 heteroatoms. The van der Waals surface area contributed by atoms with Crippen molar-refractivity contribution in [2.45, 2.75) is 19.4 Å². The van der Waals surface area contributed by atoms with Crippen molar-refractivity contribution >= 4 is 24.3 Å². The Labute approximate surface area is 93.2 Å². The molecule has 1 aromatic rings. The Morgan fingerprint density at radius 2 is 2.40 bits per heavy atom. The van der Waals surface area contributed by atoms with Gasteiger partial charge in [-0.3, -0.25) is 4.79 Å². The van der Waals surface area contributed by atoms with Crippen LogP contribution in [0, 0.1) is 5.92 Å². The fraction of sp³-hybridized carbons (Fsp3) is 0.625. The molecule has 1 aliphatic heterocycles. The molecule has 0 aliphatic carbocycles. The Morgan fingerprint density at radius 1 is 1.67 bits per heavy atom. The predicted octanol–water partition coefficient (Wildman–Crippen LogP) is 0.0175. The Bertz CT molecular complexity index is 366. The number of esters is 1. The number of carbonyl (C=O) groups is 1. The van der Waals surface area contributed by atoms with Crippen molar-refractivity contribution in [1.82, 2.24) is 14.8 Å². The van der Waals surface area contributed by atoms with E-state index in [0.29, 0.717) is 6.54 Å². The first kappa shape index (κ1) is 11.8. The minimum atomic E-state index is -0.190. The molecular weight excluding hydrogens is 220 g/mol. The first-order chi connectivity index (χ1) is 6.70. The van der Waals surface area contributed by atoms with E-state index < -0.39 is 0 Å². The molecule has 84 valence electrons. The number of anilines is 1. The highest BCUT2D eigenvalue weighted by molar-refractivity contribution is 5.85. The van der Waals surface area contributed by atoms with Crippen molar-refractivity contribution in [2.24, 2.45) is 5.92 Å². The van der Waals surface area contributed by atoms with E-state index in [9.17, 15) is 4.79 Å². The van der Waals surface area contributed by atoms with Crippen LogP contribution in [0.15, 0.2) is 0 Å². The third-order valence-electron chi connectivity index (χ3n) is 2.41. The van der Waals surface area contributed by atoms with Gasteiger partial charge < -0.3 is 10.5 Å². The largest absolute Gasteiger partial charge is 0.469 e. The fourth-order valence-corrected chi connectivity index (χ4v) is 1.69. The molecule has 0 spiro atoms. The molecule has 2 N–H and O–H groups in total. The Morgan fingerprint density at radius 3 is 3.07 bits per heavy atom. The zero-order valence-corrected chi connectivity index (χ0v) is 9.16. The average molecular weight is 233 g/mol. The smallest absolute Gasteiger partial charge is 0.310 e. The van der Waals surface area contributed by atoms with Crippen molar-refractivity contribution in [1.29, 1.82) is 0 Å². The van der Waals surface area contributed by atoms with Crippen LogP contribution in [-0.4, -0.2) is 27.8 Å². The van der Waals surface area contributed by atoms with Crippen LogP contribution in [0.3, 0.4) is 0 Å². The van der Waals surface area contributed by atoms with Crippen LogP contribution in [0.2, 0.25) is 0 Å². The SMILES string of the molecule is COC(=O)C1CCc2nc(N)nn2C1.Cl. The Balaban J connectivity index is 0.00000112. The standard InChI is InChI=1S/C8H12N4O2.ClH/c1-14-7(13)5-2-3-6-10-8(9)11-12(6)4-5;/h5H,2-4H2,1H3,(H2,9,11);1H. The lowest BCUT2D eigenvalue weighted by atomic mass is 10.0. The molecule has 0 amide bonds. The van der Waals surface area contributed by atoms with E-state index in [1.165, 1.54) is 7.11 Å². The second kappa shape index (κ2) is 4.48. The molecule has 0 saturated heterocycles. The monoisotopic (exact) mass is 232 g/mol. The zero-order valence-electron chi connectivity index (χ0n) is 8.34. The van der Waals surface area contributed by atoms with E-state index in [0.717, 1.165) is 18.7 Å². The topological polar surface area (TPSA) is 83.0 Å². The molecule has 0 saturated carbocycles. The number of halogens is 1. The lowest BCUT2D eigenvalue weighted by molar-refractivity contribution is -0.146. The summed E-state index contributed by atoms with van der Waals surface area (Å²) < 4.78 is 6.36. The number of ether oxygens (including phenoxy) is 1. The summed E-state index contributed by atoms with van der Waals surface area (Å²) in [5.74, 6) is 0.812. The van der Waals surface area contributed by atoms with Crippen LogP contribution in [-0.2, 0) is 22.5 Å². The van der Waals surface area contributed by atoms with Crippen LogP contribution in [0.1, 0.15) is 12.2 Å². The van der Waals surface area contributed by atoms with Crippen molar-refractivity contribution in [3.05, 3.63) is 5.82 Å². The Hall–Kier alpha value is -1.30. The number of hydrogen-bond acceptors (Lipinski definition) is 5. The first-order valence-electron chi connectivity index (χ1n) is 4.47. The maximum Gasteiger partial charge on any atom is 0.310 e. The van der Waals surface area contributed by atoms with E-state index >= 15 is 0 Å². The van der Waals surface area contributed by atoms with Crippen LogP contribution in [0.25, 0.3) is 0 Å². The predicted molar refractivity (Wildman–Crippen MR) is 55.5 cm³/mol. The summed E-state index contributed by atoms with van der Waals surface area (Å²) in [5, 5.41) is 3.99. The molecule has 2 rings (SSSR count). The number of carbonyl (C=O) groups excluding carboxylic acids is 1. The van der Waals surface area contributed by atoms with Gasteiger partial charge in [-0.25, -0.2) is 4.68 Å². The summed E-state index contributed by atoms with van der Waals surface area (Å²) in [6, 6.07) is 0. The zero-order chi connectivity index (χ0) is 10.1. The van der Waals surface area contributed by atoms with Crippen LogP contribution < -0.4 is 5.73 Å². The minimum Gasteiger partial charge on any atom is -0.469 e. The van der Waals surface area contributed by atoms with Crippen LogP contribution >= 0.6 is 12.4 Å². The van der Waals surface area contributed by atoms with Gasteiger partial charge in [0.15, 0.2) is 0 Å². The summed E-state index contributed by atoms with van der Waals surface area (Å²) in [7, 11) is 1.40. The van der Waals surface area contributed by atoms with Gasteiger partial charge in [0.25, 0.3) is 0 Å². The van der Waals surface area contributed by atoms with Crippen LogP contribution in [0.5, 0.6) is 0 Å². The molecule has 1 aliphatic rings. The molecular formula is C8H13ClN4O2. The highest BCUT2D eigenvalue weighted by Crippen LogP contribution is 2.19. The fourth-order valence-electron chi connectivity index (χ4n) is 1.69. The molecule has 0 radical (unpaired) electrons. The second-order valence-corrected chi connectivity index (χ2v) is 3.33. The number of aryl methyl sites for hydroxylation is 1. The number of hydrogen-bond donors (Lipinski definition) is 1. The quantitative estimate of drug-likeness (QED) is 0.690. The molecule has 2 heterocycles. The first-order valence-corrected chi connectivity index (χ1v) is 4.47. The van der Waals surface area contributed by atoms with E-state index in [2.05, 4.69) is 14.8 Å². The number of methoxy groups -OCH3 is 1. The minimum absolute atomic E-state index is 0. The van der Waals surface area contributed by atoms with Gasteiger partial charge in [-0.05, 0) is 6.42 Å². The van der Waals surface area contributed by atoms with Crippen molar-refractivity contribution in [2.75, 3.05) is 12.8 Å². The normalized spacial score (nSPS) is 18.9. The molecule has 0 aromatic carbocycles. The third-order valence-corrected chi connectivity index (χ3v) is 2.41. The van der Waals surface area contributed by atoms with E-state index in [1.54, 1.807) is 4.68 Å². The summed E-state index contributed by atoms with van der Waals surface area (Å²) in [5.41, 5.74) is 5.45. The van der Waals surface area contributed by atoms with Gasteiger partial charge in [-0.15, -0.1) is 17.5 Å². The van der Waals surface area contributed by atoms with Gasteiger partial charge in [0.2, 0.25) is 5.95 Å². The van der Waals surface area contributed by atoms with E-state index in [4.69, 9.17) is 5.73 Å². The van der Waals surface area contributed by atoms with Crippen molar-refractivity contribution in [3.8, 4) is 0 Å². The van der Waals surface area contributed by atoms with Gasteiger partial charge in [0.1, 0.15) is 5.82 Å². The molecule has 6 nitrogen and oxygen atoms in total. The van der Waals surface area contributed by atoms with E-state index in [1.807, 2.05) is 0 Å². The lowest BCUT2D eigenvalue weighted by Crippen LogP contribution is -2.28. The number of fused-ring (bicyclic) bond motifs is 1. The molecule has 0 bridgehead atoms. The van der Waals surface area contributed by atoms with Gasteiger partial charge >= 0.3 is 5.97 Å². The van der Waals surface area contributed by atoms with Crippen LogP contribution in [0.4, 0.5) is 5.95 Å². The summed E-state index contributed by atoms with van der Waals surface area (Å²) in [6.45, 7) is 0.520. The molecule has 0 fully saturated rings. The lowest BCUT2D eigenvalue weighted by Gasteiger charge is -2.19.